The van der Waals surface area contributed by atoms with E-state index in [0.717, 1.165) is 91.2 Å². The molecule has 0 bridgehead atoms. The van der Waals surface area contributed by atoms with E-state index in [1.165, 1.54) is 212 Å². The molecule has 0 saturated carbocycles. The molecule has 0 radical (unpaired) electrons. The summed E-state index contributed by atoms with van der Waals surface area (Å²) in [6.45, 7) is 46.6. The van der Waals surface area contributed by atoms with Gasteiger partial charge in [0.1, 0.15) is 17.2 Å². The molecule has 0 saturated heterocycles. The fourth-order valence-corrected chi connectivity index (χ4v) is 14.9. The maximum absolute atomic E-state index is 14.4. The lowest BCUT2D eigenvalue weighted by molar-refractivity contribution is 0.0488. The second kappa shape index (κ2) is 49.0. The third kappa shape index (κ3) is 37.5. The molecule has 3 aromatic rings. The van der Waals surface area contributed by atoms with Gasteiger partial charge in [0, 0.05) is 33.4 Å². The second-order valence-corrected chi connectivity index (χ2v) is 37.9. The van der Waals surface area contributed by atoms with Gasteiger partial charge in [-0.15, -0.1) is 0 Å². The standard InChI is InChI=1S/C93H159O9P/c1-22-25-28-31-34-37-40-43-46-49-52-55-58-61-64-97-85(94)73-67-76(88(4,5)6)82(77(68-73)89(7,8)9)100-103(101-83-78(90(10,11)12)69-74(70-79(83)91(13,14)15)86(95)98-65-62-59-56-53-50-47-44-41-38-35-32-29-26-23-2)102-84-80(92(16,17)18)71-75(72-81(84)93(19,20)21)87(96)99-66-63-60-57-54-51-48-45-42-39-36-33-30-27-24-3/h67-72H,22-66H2,1-21H3. The summed E-state index contributed by atoms with van der Waals surface area (Å²) in [5, 5.41) is 0. The molecule has 0 N–H and O–H groups in total. The lowest BCUT2D eigenvalue weighted by Crippen LogP contribution is -2.24. The van der Waals surface area contributed by atoms with Crippen molar-refractivity contribution in [1.82, 2.24) is 0 Å². The minimum absolute atomic E-state index is 0.349. The summed E-state index contributed by atoms with van der Waals surface area (Å²) in [7, 11) is -2.47. The van der Waals surface area contributed by atoms with Crippen molar-refractivity contribution < 1.29 is 42.2 Å². The summed E-state index contributed by atoms with van der Waals surface area (Å²) in [4.78, 5) is 43.3. The average molecular weight is 1450 g/mol. The number of esters is 3. The Hall–Kier alpha value is -4.10. The second-order valence-electron chi connectivity index (χ2n) is 36.9. The molecule has 0 heterocycles. The van der Waals surface area contributed by atoms with Crippen molar-refractivity contribution in [1.29, 1.82) is 0 Å². The van der Waals surface area contributed by atoms with Crippen LogP contribution in [0.2, 0.25) is 0 Å². The zero-order valence-electron chi connectivity index (χ0n) is 70.9. The first-order valence-corrected chi connectivity index (χ1v) is 43.7. The van der Waals surface area contributed by atoms with E-state index in [2.05, 4.69) is 145 Å². The SMILES string of the molecule is CCCCCCCCCCCCCCCCOC(=O)c1cc(C(C)(C)C)c(OP(Oc2c(C(C)(C)C)cc(C(=O)OCCCCCCCCCCCCCCCC)cc2C(C)(C)C)Oc2c(C(C)(C)C)cc(C(=O)OCCCCCCCCCCCCCCCC)cc2C(C)(C)C)c(C(C)(C)C)c1. The number of carbonyl (C=O) groups excluding carboxylic acids is 3. The number of carbonyl (C=O) groups is 3. The van der Waals surface area contributed by atoms with Crippen molar-refractivity contribution in [2.75, 3.05) is 19.8 Å². The molecule has 0 spiro atoms. The van der Waals surface area contributed by atoms with E-state index in [1.807, 2.05) is 36.4 Å². The van der Waals surface area contributed by atoms with Crippen molar-refractivity contribution in [2.24, 2.45) is 0 Å². The number of benzene rings is 3. The number of rotatable bonds is 54. The molecule has 10 heteroatoms. The Morgan fingerprint density at radius 2 is 0.369 bits per heavy atom. The van der Waals surface area contributed by atoms with E-state index in [0.29, 0.717) is 53.8 Å². The van der Waals surface area contributed by atoms with Crippen molar-refractivity contribution >= 4 is 26.5 Å². The Morgan fingerprint density at radius 3 is 0.505 bits per heavy atom. The first kappa shape index (κ1) is 93.1. The van der Waals surface area contributed by atoms with Crippen LogP contribution in [0.3, 0.4) is 0 Å². The Bertz CT molecular complexity index is 2410. The molecular weight excluding hydrogens is 1290 g/mol. The van der Waals surface area contributed by atoms with Crippen molar-refractivity contribution in [2.45, 2.75) is 448 Å². The van der Waals surface area contributed by atoms with Gasteiger partial charge in [0.05, 0.1) is 36.5 Å². The maximum atomic E-state index is 14.4. The topological polar surface area (TPSA) is 107 Å². The van der Waals surface area contributed by atoms with Gasteiger partial charge in [0.25, 0.3) is 0 Å². The van der Waals surface area contributed by atoms with E-state index in [1.54, 1.807) is 0 Å². The summed E-state index contributed by atoms with van der Waals surface area (Å²) in [5.41, 5.74) is 3.11. The summed E-state index contributed by atoms with van der Waals surface area (Å²) >= 11 is 0. The first-order valence-electron chi connectivity index (χ1n) is 42.6. The highest BCUT2D eigenvalue weighted by atomic mass is 31.2. The van der Waals surface area contributed by atoms with E-state index in [9.17, 15) is 14.4 Å². The number of hydrogen-bond donors (Lipinski definition) is 0. The van der Waals surface area contributed by atoms with Crippen LogP contribution in [0.15, 0.2) is 36.4 Å². The Balaban J connectivity index is 2.09. The highest BCUT2D eigenvalue weighted by Crippen LogP contribution is 2.55. The predicted molar refractivity (Wildman–Crippen MR) is 442 cm³/mol. The van der Waals surface area contributed by atoms with Gasteiger partial charge >= 0.3 is 26.5 Å². The van der Waals surface area contributed by atoms with Crippen LogP contribution >= 0.6 is 8.60 Å². The van der Waals surface area contributed by atoms with Crippen LogP contribution < -0.4 is 13.6 Å². The molecule has 590 valence electrons. The lowest BCUT2D eigenvalue weighted by Gasteiger charge is -2.35. The Morgan fingerprint density at radius 1 is 0.233 bits per heavy atom. The molecule has 0 fully saturated rings. The van der Waals surface area contributed by atoms with Gasteiger partial charge in [-0.2, -0.15) is 0 Å². The number of ether oxygens (including phenoxy) is 3. The predicted octanol–water partition coefficient (Wildman–Crippen LogP) is 30.1. The summed E-state index contributed by atoms with van der Waals surface area (Å²) < 4.78 is 41.3. The molecule has 0 unspecified atom stereocenters. The van der Waals surface area contributed by atoms with Crippen LogP contribution in [0, 0.1) is 0 Å². The smallest absolute Gasteiger partial charge is 0.462 e. The largest absolute Gasteiger partial charge is 0.530 e. The highest BCUT2D eigenvalue weighted by Gasteiger charge is 2.39. The van der Waals surface area contributed by atoms with Gasteiger partial charge in [0.2, 0.25) is 0 Å². The van der Waals surface area contributed by atoms with E-state index in [-0.39, 0.29) is 17.9 Å². The first-order chi connectivity index (χ1) is 48.7. The van der Waals surface area contributed by atoms with Crippen LogP contribution in [0.5, 0.6) is 17.2 Å². The van der Waals surface area contributed by atoms with Crippen molar-refractivity contribution in [3.63, 3.8) is 0 Å². The molecule has 0 atom stereocenters. The molecule has 0 aliphatic carbocycles. The number of hydrogen-bond acceptors (Lipinski definition) is 9. The molecule has 0 aromatic heterocycles. The molecule has 0 aliphatic heterocycles. The molecule has 9 nitrogen and oxygen atoms in total. The van der Waals surface area contributed by atoms with Gasteiger partial charge in [0.15, 0.2) is 0 Å². The van der Waals surface area contributed by atoms with Crippen LogP contribution in [-0.4, -0.2) is 37.7 Å². The zero-order valence-corrected chi connectivity index (χ0v) is 71.8. The zero-order chi connectivity index (χ0) is 76.5. The fourth-order valence-electron chi connectivity index (χ4n) is 13.8. The maximum Gasteiger partial charge on any atom is 0.530 e. The molecular formula is C93H159O9P. The van der Waals surface area contributed by atoms with Gasteiger partial charge in [-0.25, -0.2) is 14.4 Å². The van der Waals surface area contributed by atoms with Gasteiger partial charge in [-0.05, 0) is 88.2 Å². The highest BCUT2D eigenvalue weighted by molar-refractivity contribution is 7.43. The van der Waals surface area contributed by atoms with E-state index >= 15 is 0 Å². The van der Waals surface area contributed by atoms with Crippen molar-refractivity contribution in [3.8, 4) is 17.2 Å². The van der Waals surface area contributed by atoms with Crippen molar-refractivity contribution in [3.05, 3.63) is 86.5 Å². The van der Waals surface area contributed by atoms with Crippen LogP contribution in [0.4, 0.5) is 0 Å². The third-order valence-corrected chi connectivity index (χ3v) is 21.5. The summed E-state index contributed by atoms with van der Waals surface area (Å²) in [6.07, 6.45) is 52.9. The quantitative estimate of drug-likeness (QED) is 0.0236. The van der Waals surface area contributed by atoms with Crippen LogP contribution in [0.1, 0.15) is 480 Å². The summed E-state index contributed by atoms with van der Waals surface area (Å²) in [5.74, 6) is 0.678. The third-order valence-electron chi connectivity index (χ3n) is 20.5. The minimum atomic E-state index is -2.47. The molecule has 3 aromatic carbocycles. The van der Waals surface area contributed by atoms with Gasteiger partial charge < -0.3 is 27.8 Å². The lowest BCUT2D eigenvalue weighted by atomic mass is 9.78. The Labute approximate surface area is 636 Å². The number of unbranched alkanes of at least 4 members (excludes halogenated alkanes) is 39. The normalized spacial score (nSPS) is 12.5. The van der Waals surface area contributed by atoms with Crippen LogP contribution in [-0.2, 0) is 46.7 Å². The molecule has 103 heavy (non-hydrogen) atoms. The Kier molecular flexibility index (Phi) is 44.3. The summed E-state index contributed by atoms with van der Waals surface area (Å²) in [6, 6.07) is 11.7. The van der Waals surface area contributed by atoms with Gasteiger partial charge in [-0.1, -0.05) is 396 Å². The molecule has 0 amide bonds. The monoisotopic (exact) mass is 1450 g/mol. The van der Waals surface area contributed by atoms with Crippen LogP contribution in [0.25, 0.3) is 0 Å². The van der Waals surface area contributed by atoms with Gasteiger partial charge in [-0.3, -0.25) is 0 Å². The molecule has 3 rings (SSSR count). The van der Waals surface area contributed by atoms with E-state index in [4.69, 9.17) is 27.8 Å². The average Bonchev–Trinajstić information content (AvgIpc) is 0.764. The van der Waals surface area contributed by atoms with E-state index < -0.39 is 41.1 Å². The fraction of sp³-hybridized carbons (Fsp3) is 0.774. The minimum Gasteiger partial charge on any atom is -0.462 e. The molecule has 0 aliphatic rings.